The van der Waals surface area contributed by atoms with Gasteiger partial charge in [0, 0.05) is 6.20 Å². The van der Waals surface area contributed by atoms with Crippen molar-refractivity contribution in [3.63, 3.8) is 0 Å². The molecule has 0 aromatic carbocycles. The van der Waals surface area contributed by atoms with Crippen LogP contribution in [0.3, 0.4) is 0 Å². The van der Waals surface area contributed by atoms with Crippen LogP contribution in [0, 0.1) is 6.92 Å². The number of nitrogens with zero attached hydrogens (tertiary/aromatic N) is 2. The predicted molar refractivity (Wildman–Crippen MR) is 63.1 cm³/mol. The summed E-state index contributed by atoms with van der Waals surface area (Å²) in [6.07, 6.45) is 3.09. The van der Waals surface area contributed by atoms with Crippen LogP contribution in [-0.2, 0) is 6.54 Å². The van der Waals surface area contributed by atoms with Crippen molar-refractivity contribution in [3.05, 3.63) is 41.3 Å². The molecule has 2 aromatic rings. The molecular formula is C11H13N5O. The Morgan fingerprint density at radius 1 is 1.59 bits per heavy atom. The van der Waals surface area contributed by atoms with Gasteiger partial charge in [0.2, 0.25) is 0 Å². The topological polar surface area (TPSA) is 96.7 Å². The van der Waals surface area contributed by atoms with E-state index in [0.717, 1.165) is 11.3 Å². The van der Waals surface area contributed by atoms with Crippen LogP contribution in [-0.4, -0.2) is 21.1 Å². The minimum absolute atomic E-state index is 0.263. The molecule has 4 N–H and O–H groups in total. The number of anilines is 1. The van der Waals surface area contributed by atoms with Crippen molar-refractivity contribution in [2.75, 3.05) is 5.73 Å². The van der Waals surface area contributed by atoms with Crippen LogP contribution in [0.5, 0.6) is 0 Å². The van der Waals surface area contributed by atoms with Crippen LogP contribution in [0.4, 0.5) is 5.82 Å². The predicted octanol–water partition coefficient (Wildman–Crippen LogP) is 0.625. The van der Waals surface area contributed by atoms with Gasteiger partial charge in [-0.05, 0) is 18.6 Å². The summed E-state index contributed by atoms with van der Waals surface area (Å²) in [5.41, 5.74) is 7.76. The molecule has 0 aliphatic rings. The van der Waals surface area contributed by atoms with E-state index in [4.69, 9.17) is 5.73 Å². The molecule has 0 bridgehead atoms. The van der Waals surface area contributed by atoms with Gasteiger partial charge in [-0.15, -0.1) is 0 Å². The summed E-state index contributed by atoms with van der Waals surface area (Å²) >= 11 is 0. The molecule has 0 aliphatic carbocycles. The van der Waals surface area contributed by atoms with Crippen LogP contribution in [0.1, 0.15) is 21.6 Å². The third kappa shape index (κ3) is 2.41. The second-order valence-corrected chi connectivity index (χ2v) is 3.65. The lowest BCUT2D eigenvalue weighted by atomic mass is 10.2. The Morgan fingerprint density at radius 2 is 2.41 bits per heavy atom. The number of aryl methyl sites for hydroxylation is 1. The van der Waals surface area contributed by atoms with Gasteiger partial charge in [0.25, 0.3) is 5.91 Å². The van der Waals surface area contributed by atoms with Crippen molar-refractivity contribution < 1.29 is 4.79 Å². The van der Waals surface area contributed by atoms with Crippen molar-refractivity contribution in [2.45, 2.75) is 13.5 Å². The molecular weight excluding hydrogens is 218 g/mol. The zero-order valence-corrected chi connectivity index (χ0v) is 9.40. The maximum absolute atomic E-state index is 11.7. The van der Waals surface area contributed by atoms with Gasteiger partial charge in [-0.3, -0.25) is 14.9 Å². The van der Waals surface area contributed by atoms with Gasteiger partial charge in [0.05, 0.1) is 18.4 Å². The van der Waals surface area contributed by atoms with Gasteiger partial charge in [-0.1, -0.05) is 6.07 Å². The second kappa shape index (κ2) is 4.65. The van der Waals surface area contributed by atoms with E-state index in [1.807, 2.05) is 19.1 Å². The summed E-state index contributed by atoms with van der Waals surface area (Å²) in [5, 5.41) is 8.94. The highest BCUT2D eigenvalue weighted by Crippen LogP contribution is 2.07. The van der Waals surface area contributed by atoms with Gasteiger partial charge in [0.15, 0.2) is 0 Å². The summed E-state index contributed by atoms with van der Waals surface area (Å²) in [7, 11) is 0. The Hall–Kier alpha value is -2.37. The van der Waals surface area contributed by atoms with E-state index in [-0.39, 0.29) is 11.7 Å². The van der Waals surface area contributed by atoms with E-state index < -0.39 is 0 Å². The molecule has 0 unspecified atom stereocenters. The minimum atomic E-state index is -0.263. The third-order valence-corrected chi connectivity index (χ3v) is 2.45. The van der Waals surface area contributed by atoms with Crippen LogP contribution >= 0.6 is 0 Å². The summed E-state index contributed by atoms with van der Waals surface area (Å²) in [5.74, 6) is 0.00143. The average molecular weight is 231 g/mol. The molecule has 2 rings (SSSR count). The van der Waals surface area contributed by atoms with Crippen LogP contribution in [0.25, 0.3) is 0 Å². The van der Waals surface area contributed by atoms with Gasteiger partial charge >= 0.3 is 0 Å². The SMILES string of the molecule is Cc1cccnc1CNC(=O)c1cn[nH]c1N. The molecule has 17 heavy (non-hydrogen) atoms. The van der Waals surface area contributed by atoms with Crippen molar-refractivity contribution in [1.29, 1.82) is 0 Å². The first-order chi connectivity index (χ1) is 8.18. The molecule has 0 atom stereocenters. The van der Waals surface area contributed by atoms with Gasteiger partial charge in [0.1, 0.15) is 11.4 Å². The fourth-order valence-electron chi connectivity index (χ4n) is 1.44. The Balaban J connectivity index is 2.02. The number of pyridine rings is 1. The average Bonchev–Trinajstić information content (AvgIpc) is 2.74. The molecule has 0 fully saturated rings. The summed E-state index contributed by atoms with van der Waals surface area (Å²) < 4.78 is 0. The van der Waals surface area contributed by atoms with E-state index in [9.17, 15) is 4.79 Å². The molecule has 6 heteroatoms. The number of rotatable bonds is 3. The number of aromatic nitrogens is 3. The zero-order chi connectivity index (χ0) is 12.3. The standard InChI is InChI=1S/C11H13N5O/c1-7-3-2-4-13-9(7)6-14-11(17)8-5-15-16-10(8)12/h2-5H,6H2,1H3,(H,14,17)(H3,12,15,16). The maximum atomic E-state index is 11.7. The summed E-state index contributed by atoms with van der Waals surface area (Å²) in [6, 6.07) is 3.80. The van der Waals surface area contributed by atoms with E-state index in [1.54, 1.807) is 6.20 Å². The second-order valence-electron chi connectivity index (χ2n) is 3.65. The Morgan fingerprint density at radius 3 is 3.06 bits per heavy atom. The van der Waals surface area contributed by atoms with Crippen molar-refractivity contribution in [3.8, 4) is 0 Å². The Kier molecular flexibility index (Phi) is 3.04. The van der Waals surface area contributed by atoms with Gasteiger partial charge < -0.3 is 11.1 Å². The summed E-state index contributed by atoms with van der Waals surface area (Å²) in [4.78, 5) is 15.9. The lowest BCUT2D eigenvalue weighted by Gasteiger charge is -2.06. The number of nitrogens with two attached hydrogens (primary N) is 1. The van der Waals surface area contributed by atoms with Crippen molar-refractivity contribution in [1.82, 2.24) is 20.5 Å². The molecule has 88 valence electrons. The largest absolute Gasteiger partial charge is 0.383 e. The number of amides is 1. The molecule has 2 aromatic heterocycles. The number of hydrogen-bond acceptors (Lipinski definition) is 4. The maximum Gasteiger partial charge on any atom is 0.256 e. The highest BCUT2D eigenvalue weighted by molar-refractivity contribution is 5.97. The van der Waals surface area contributed by atoms with Crippen molar-refractivity contribution in [2.24, 2.45) is 0 Å². The van der Waals surface area contributed by atoms with E-state index >= 15 is 0 Å². The first-order valence-electron chi connectivity index (χ1n) is 5.16. The monoisotopic (exact) mass is 231 g/mol. The molecule has 0 saturated carbocycles. The molecule has 1 amide bonds. The highest BCUT2D eigenvalue weighted by atomic mass is 16.1. The number of nitrogens with one attached hydrogen (secondary N) is 2. The van der Waals surface area contributed by atoms with Gasteiger partial charge in [-0.25, -0.2) is 0 Å². The van der Waals surface area contributed by atoms with Crippen LogP contribution < -0.4 is 11.1 Å². The van der Waals surface area contributed by atoms with Gasteiger partial charge in [-0.2, -0.15) is 5.10 Å². The molecule has 0 aliphatic heterocycles. The van der Waals surface area contributed by atoms with Crippen LogP contribution in [0.15, 0.2) is 24.5 Å². The third-order valence-electron chi connectivity index (χ3n) is 2.45. The lowest BCUT2D eigenvalue weighted by Crippen LogP contribution is -2.24. The number of aromatic amines is 1. The number of carbonyl (C=O) groups is 1. The molecule has 0 radical (unpaired) electrons. The van der Waals surface area contributed by atoms with E-state index in [2.05, 4.69) is 20.5 Å². The highest BCUT2D eigenvalue weighted by Gasteiger charge is 2.11. The molecule has 6 nitrogen and oxygen atoms in total. The van der Waals surface area contributed by atoms with Crippen molar-refractivity contribution >= 4 is 11.7 Å². The lowest BCUT2D eigenvalue weighted by molar-refractivity contribution is 0.0951. The first-order valence-corrected chi connectivity index (χ1v) is 5.16. The smallest absolute Gasteiger partial charge is 0.256 e. The molecule has 0 spiro atoms. The number of nitrogen functional groups attached to an aromatic ring is 1. The van der Waals surface area contributed by atoms with E-state index in [0.29, 0.717) is 12.1 Å². The zero-order valence-electron chi connectivity index (χ0n) is 9.40. The minimum Gasteiger partial charge on any atom is -0.383 e. The fraction of sp³-hybridized carbons (Fsp3) is 0.182. The number of H-pyrrole nitrogens is 1. The molecule has 2 heterocycles. The summed E-state index contributed by atoms with van der Waals surface area (Å²) in [6.45, 7) is 2.32. The van der Waals surface area contributed by atoms with Crippen LogP contribution in [0.2, 0.25) is 0 Å². The number of carbonyl (C=O) groups excluding carboxylic acids is 1. The quantitative estimate of drug-likeness (QED) is 0.721. The fourth-order valence-corrected chi connectivity index (χ4v) is 1.44. The number of hydrogen-bond donors (Lipinski definition) is 3. The first kappa shape index (κ1) is 11.1. The molecule has 0 saturated heterocycles. The Labute approximate surface area is 98.3 Å². The Bertz CT molecular complexity index is 534. The normalized spacial score (nSPS) is 10.2. The van der Waals surface area contributed by atoms with E-state index in [1.165, 1.54) is 6.20 Å².